The van der Waals surface area contributed by atoms with Gasteiger partial charge in [-0.25, -0.2) is 0 Å². The van der Waals surface area contributed by atoms with Gasteiger partial charge in [0.05, 0.1) is 11.7 Å². The van der Waals surface area contributed by atoms with Crippen molar-refractivity contribution in [2.45, 2.75) is 117 Å². The van der Waals surface area contributed by atoms with Gasteiger partial charge in [-0.3, -0.25) is 14.4 Å². The molecule has 0 aromatic rings. The van der Waals surface area contributed by atoms with E-state index in [1.807, 2.05) is 27.7 Å². The summed E-state index contributed by atoms with van der Waals surface area (Å²) in [6, 6.07) is 0. The summed E-state index contributed by atoms with van der Waals surface area (Å²) < 4.78 is 0. The monoisotopic (exact) mass is 518 g/mol. The van der Waals surface area contributed by atoms with Gasteiger partial charge >= 0.3 is 0 Å². The van der Waals surface area contributed by atoms with E-state index in [0.29, 0.717) is 12.8 Å². The Hall–Kier alpha value is -1.41. The molecule has 4 N–H and O–H groups in total. The van der Waals surface area contributed by atoms with Crippen LogP contribution in [-0.2, 0) is 14.4 Å². The first kappa shape index (κ1) is 28.6. The smallest absolute Gasteiger partial charge is 0.164 e. The lowest BCUT2D eigenvalue weighted by atomic mass is 9.38. The highest BCUT2D eigenvalue weighted by Gasteiger charge is 2.74. The first-order valence-electron chi connectivity index (χ1n) is 13.8. The van der Waals surface area contributed by atoms with Gasteiger partial charge in [-0.2, -0.15) is 0 Å². The summed E-state index contributed by atoms with van der Waals surface area (Å²) in [5.41, 5.74) is -5.00. The molecule has 0 saturated heterocycles. The van der Waals surface area contributed by atoms with Gasteiger partial charge in [-0.05, 0) is 62.7 Å². The van der Waals surface area contributed by atoms with E-state index in [-0.39, 0.29) is 49.1 Å². The van der Waals surface area contributed by atoms with Crippen LogP contribution in [0.15, 0.2) is 11.6 Å². The molecule has 4 aliphatic carbocycles. The SMILES string of the molecule is CC(C)(O)CCC(=O)[C@](C)(O)[C@H]1[C@H](O)C[C@@]2(C)[C@@H]3CC=C4[C@@H](CC(=O)[C@H](O)C4(C)C)[C@]3(C)C(=O)C[C@]12C. The summed E-state index contributed by atoms with van der Waals surface area (Å²) in [6.07, 6.45) is 1.28. The van der Waals surface area contributed by atoms with Crippen LogP contribution >= 0.6 is 0 Å². The molecule has 0 aromatic carbocycles. The largest absolute Gasteiger partial charge is 0.393 e. The second-order valence-electron chi connectivity index (χ2n) is 14.6. The quantitative estimate of drug-likeness (QED) is 0.411. The number of carbonyl (C=O) groups is 3. The third-order valence-corrected chi connectivity index (χ3v) is 11.6. The molecule has 208 valence electrons. The molecule has 0 heterocycles. The molecule has 3 fully saturated rings. The van der Waals surface area contributed by atoms with Crippen molar-refractivity contribution in [2.75, 3.05) is 0 Å². The van der Waals surface area contributed by atoms with Crippen LogP contribution in [0.3, 0.4) is 0 Å². The summed E-state index contributed by atoms with van der Waals surface area (Å²) in [5.74, 6) is -2.05. The number of fused-ring (bicyclic) bond motifs is 5. The normalized spacial score (nSPS) is 44.9. The lowest BCUT2D eigenvalue weighted by Crippen LogP contribution is -2.65. The Bertz CT molecular complexity index is 1050. The summed E-state index contributed by atoms with van der Waals surface area (Å²) >= 11 is 0. The number of hydrogen-bond donors (Lipinski definition) is 4. The predicted octanol–water partition coefficient (Wildman–Crippen LogP) is 3.15. The number of allylic oxidation sites excluding steroid dienone is 1. The molecular weight excluding hydrogens is 472 g/mol. The molecule has 0 aromatic heterocycles. The number of aliphatic hydroxyl groups excluding tert-OH is 2. The zero-order chi connectivity index (χ0) is 28.1. The Kier molecular flexibility index (Phi) is 6.41. The molecule has 3 saturated carbocycles. The Morgan fingerprint density at radius 2 is 1.62 bits per heavy atom. The van der Waals surface area contributed by atoms with Crippen molar-refractivity contribution in [1.82, 2.24) is 0 Å². The highest BCUT2D eigenvalue weighted by molar-refractivity contribution is 5.93. The topological polar surface area (TPSA) is 132 Å². The summed E-state index contributed by atoms with van der Waals surface area (Å²) in [6.45, 7) is 14.4. The van der Waals surface area contributed by atoms with Gasteiger partial charge in [0.2, 0.25) is 0 Å². The van der Waals surface area contributed by atoms with Crippen molar-refractivity contribution in [3.63, 3.8) is 0 Å². The van der Waals surface area contributed by atoms with Crippen molar-refractivity contribution in [3.8, 4) is 0 Å². The Labute approximate surface area is 220 Å². The second-order valence-corrected chi connectivity index (χ2v) is 14.6. The number of carbonyl (C=O) groups excluding carboxylic acids is 3. The van der Waals surface area contributed by atoms with Crippen LogP contribution in [0.2, 0.25) is 0 Å². The molecule has 0 radical (unpaired) electrons. The molecule has 0 spiro atoms. The molecule has 37 heavy (non-hydrogen) atoms. The molecule has 0 unspecified atom stereocenters. The van der Waals surface area contributed by atoms with Crippen LogP contribution < -0.4 is 0 Å². The lowest BCUT2D eigenvalue weighted by molar-refractivity contribution is -0.184. The maximum atomic E-state index is 14.2. The molecule has 9 atom stereocenters. The number of hydrogen-bond acceptors (Lipinski definition) is 7. The van der Waals surface area contributed by atoms with Gasteiger partial charge in [0.15, 0.2) is 11.6 Å². The summed E-state index contributed by atoms with van der Waals surface area (Å²) in [4.78, 5) is 40.4. The molecule has 0 amide bonds. The van der Waals surface area contributed by atoms with Crippen molar-refractivity contribution < 1.29 is 34.8 Å². The number of rotatable bonds is 5. The summed E-state index contributed by atoms with van der Waals surface area (Å²) in [5, 5.41) is 43.9. The Morgan fingerprint density at radius 3 is 2.19 bits per heavy atom. The minimum atomic E-state index is -1.87. The average molecular weight is 519 g/mol. The minimum absolute atomic E-state index is 0.00750. The molecule has 7 heteroatoms. The van der Waals surface area contributed by atoms with E-state index in [0.717, 1.165) is 5.57 Å². The molecule has 7 nitrogen and oxygen atoms in total. The fourth-order valence-corrected chi connectivity index (χ4v) is 9.20. The Balaban J connectivity index is 1.77. The zero-order valence-electron chi connectivity index (χ0n) is 23.7. The van der Waals surface area contributed by atoms with Gasteiger partial charge < -0.3 is 20.4 Å². The number of ketones is 3. The maximum Gasteiger partial charge on any atom is 0.164 e. The van der Waals surface area contributed by atoms with Crippen LogP contribution in [0.5, 0.6) is 0 Å². The first-order valence-corrected chi connectivity index (χ1v) is 13.8. The second kappa shape index (κ2) is 8.30. The summed E-state index contributed by atoms with van der Waals surface area (Å²) in [7, 11) is 0. The minimum Gasteiger partial charge on any atom is -0.393 e. The van der Waals surface area contributed by atoms with Crippen LogP contribution in [0, 0.1) is 39.4 Å². The fourth-order valence-electron chi connectivity index (χ4n) is 9.20. The van der Waals surface area contributed by atoms with Crippen molar-refractivity contribution in [3.05, 3.63) is 11.6 Å². The number of aliphatic hydroxyl groups is 4. The van der Waals surface area contributed by atoms with Crippen LogP contribution in [0.4, 0.5) is 0 Å². The molecule has 0 bridgehead atoms. The predicted molar refractivity (Wildman–Crippen MR) is 138 cm³/mol. The third kappa shape index (κ3) is 3.78. The van der Waals surface area contributed by atoms with E-state index < -0.39 is 56.8 Å². The van der Waals surface area contributed by atoms with Crippen molar-refractivity contribution in [1.29, 1.82) is 0 Å². The molecule has 4 rings (SSSR count). The standard InChI is InChI=1S/C30H46O7/c1-25(2,36)12-11-21(33)30(8,37)23-19(32)14-27(5)20-10-9-16-17(13-18(31)24(35)26(16,3)4)29(20,7)22(34)15-28(23,27)6/h9,17,19-20,23-24,32,35-37H,10-15H2,1-8H3/t17-,19-,20+,23+,24+,27+,28-,29+,30+/m1/s1. The molecule has 4 aliphatic rings. The average Bonchev–Trinajstić information content (AvgIpc) is 2.96. The van der Waals surface area contributed by atoms with Gasteiger partial charge in [-0.15, -0.1) is 0 Å². The van der Waals surface area contributed by atoms with Crippen LogP contribution in [0.1, 0.15) is 93.9 Å². The molecular formula is C30H46O7. The van der Waals surface area contributed by atoms with Gasteiger partial charge in [0, 0.05) is 36.0 Å². The fraction of sp³-hybridized carbons (Fsp3) is 0.833. The van der Waals surface area contributed by atoms with Gasteiger partial charge in [-0.1, -0.05) is 46.3 Å². The van der Waals surface area contributed by atoms with E-state index in [1.54, 1.807) is 13.8 Å². The first-order chi connectivity index (χ1) is 16.7. The highest BCUT2D eigenvalue weighted by Crippen LogP contribution is 2.74. The van der Waals surface area contributed by atoms with Crippen molar-refractivity contribution >= 4 is 17.3 Å². The van der Waals surface area contributed by atoms with Crippen molar-refractivity contribution in [2.24, 2.45) is 39.4 Å². The highest BCUT2D eigenvalue weighted by atomic mass is 16.3. The van der Waals surface area contributed by atoms with Crippen LogP contribution in [0.25, 0.3) is 0 Å². The number of Topliss-reactive ketones (excluding diaryl/α,β-unsaturated/α-hetero) is 3. The maximum absolute atomic E-state index is 14.2. The lowest BCUT2D eigenvalue weighted by Gasteiger charge is -2.64. The Morgan fingerprint density at radius 1 is 1.03 bits per heavy atom. The third-order valence-electron chi connectivity index (χ3n) is 11.6. The van der Waals surface area contributed by atoms with Gasteiger partial charge in [0.1, 0.15) is 17.5 Å². The van der Waals surface area contributed by atoms with Crippen LogP contribution in [-0.4, -0.2) is 61.2 Å². The molecule has 0 aliphatic heterocycles. The van der Waals surface area contributed by atoms with E-state index >= 15 is 0 Å². The van der Waals surface area contributed by atoms with E-state index in [9.17, 15) is 34.8 Å². The van der Waals surface area contributed by atoms with E-state index in [2.05, 4.69) is 13.0 Å². The van der Waals surface area contributed by atoms with E-state index in [4.69, 9.17) is 0 Å². The van der Waals surface area contributed by atoms with Gasteiger partial charge in [0.25, 0.3) is 0 Å². The van der Waals surface area contributed by atoms with E-state index in [1.165, 1.54) is 6.92 Å². The zero-order valence-corrected chi connectivity index (χ0v) is 23.7.